The van der Waals surface area contributed by atoms with Crippen molar-refractivity contribution in [2.24, 2.45) is 5.84 Å². The molecule has 1 unspecified atom stereocenters. The first-order chi connectivity index (χ1) is 7.72. The Kier molecular flexibility index (Phi) is 4.84. The molecule has 0 aliphatic rings. The zero-order valence-electron chi connectivity index (χ0n) is 9.79. The molecule has 0 aromatic heterocycles. The first-order valence-electron chi connectivity index (χ1n) is 5.27. The lowest BCUT2D eigenvalue weighted by molar-refractivity contribution is 0.411. The number of rotatable bonds is 5. The van der Waals surface area contributed by atoms with Crippen molar-refractivity contribution in [3.8, 4) is 18.1 Å². The Bertz CT molecular complexity index is 382. The van der Waals surface area contributed by atoms with E-state index >= 15 is 0 Å². The van der Waals surface area contributed by atoms with E-state index in [4.69, 9.17) is 17.0 Å². The monoisotopic (exact) mass is 218 g/mol. The Morgan fingerprint density at radius 3 is 2.81 bits per heavy atom. The number of hydrogen-bond donors (Lipinski definition) is 2. The minimum absolute atomic E-state index is 0.0978. The summed E-state index contributed by atoms with van der Waals surface area (Å²) in [5.41, 5.74) is 5.01. The standard InChI is InChI=1S/C13H18N2O/c1-4-5-6-12(15-14)11-7-8-13(16-3)10(2)9-11/h1,7-9,12,15H,5-6,14H2,2-3H3. The highest BCUT2D eigenvalue weighted by molar-refractivity contribution is 5.37. The largest absolute Gasteiger partial charge is 0.496 e. The van der Waals surface area contributed by atoms with E-state index in [0.29, 0.717) is 6.42 Å². The summed E-state index contributed by atoms with van der Waals surface area (Å²) in [6.07, 6.45) is 6.79. The van der Waals surface area contributed by atoms with Gasteiger partial charge in [0.15, 0.2) is 0 Å². The summed E-state index contributed by atoms with van der Waals surface area (Å²) in [5, 5.41) is 0. The maximum absolute atomic E-state index is 5.52. The minimum atomic E-state index is 0.0978. The third-order valence-corrected chi connectivity index (χ3v) is 2.60. The Labute approximate surface area is 97.0 Å². The molecule has 0 spiro atoms. The summed E-state index contributed by atoms with van der Waals surface area (Å²) in [6, 6.07) is 6.12. The van der Waals surface area contributed by atoms with Crippen molar-refractivity contribution in [1.82, 2.24) is 5.43 Å². The van der Waals surface area contributed by atoms with Crippen LogP contribution in [0.5, 0.6) is 5.75 Å². The quantitative estimate of drug-likeness (QED) is 0.451. The van der Waals surface area contributed by atoms with Crippen molar-refractivity contribution in [2.45, 2.75) is 25.8 Å². The second kappa shape index (κ2) is 6.16. The van der Waals surface area contributed by atoms with Crippen molar-refractivity contribution in [2.75, 3.05) is 7.11 Å². The van der Waals surface area contributed by atoms with E-state index in [1.807, 2.05) is 19.1 Å². The van der Waals surface area contributed by atoms with Gasteiger partial charge in [0.2, 0.25) is 0 Å². The number of nitrogens with one attached hydrogen (secondary N) is 1. The van der Waals surface area contributed by atoms with E-state index in [1.165, 1.54) is 0 Å². The van der Waals surface area contributed by atoms with E-state index in [-0.39, 0.29) is 6.04 Å². The zero-order valence-corrected chi connectivity index (χ0v) is 9.79. The van der Waals surface area contributed by atoms with Crippen LogP contribution in [0.4, 0.5) is 0 Å². The van der Waals surface area contributed by atoms with Gasteiger partial charge in [-0.05, 0) is 30.5 Å². The third kappa shape index (κ3) is 2.99. The van der Waals surface area contributed by atoms with E-state index in [2.05, 4.69) is 17.4 Å². The molecular formula is C13H18N2O. The zero-order chi connectivity index (χ0) is 12.0. The second-order valence-corrected chi connectivity index (χ2v) is 3.69. The smallest absolute Gasteiger partial charge is 0.121 e. The molecule has 0 bridgehead atoms. The number of hydrogen-bond acceptors (Lipinski definition) is 3. The van der Waals surface area contributed by atoms with Gasteiger partial charge in [-0.3, -0.25) is 11.3 Å². The van der Waals surface area contributed by atoms with Crippen LogP contribution in [-0.2, 0) is 0 Å². The highest BCUT2D eigenvalue weighted by atomic mass is 16.5. The molecule has 16 heavy (non-hydrogen) atoms. The fourth-order valence-electron chi connectivity index (χ4n) is 1.69. The molecule has 0 saturated heterocycles. The Morgan fingerprint density at radius 1 is 1.56 bits per heavy atom. The molecule has 1 aromatic carbocycles. The van der Waals surface area contributed by atoms with Gasteiger partial charge in [-0.15, -0.1) is 12.3 Å². The number of nitrogens with two attached hydrogens (primary N) is 1. The van der Waals surface area contributed by atoms with E-state index in [9.17, 15) is 0 Å². The Morgan fingerprint density at radius 2 is 2.31 bits per heavy atom. The number of methoxy groups -OCH3 is 1. The van der Waals surface area contributed by atoms with Crippen LogP contribution in [0.25, 0.3) is 0 Å². The van der Waals surface area contributed by atoms with Gasteiger partial charge in [-0.1, -0.05) is 12.1 Å². The van der Waals surface area contributed by atoms with Crippen LogP contribution >= 0.6 is 0 Å². The number of ether oxygens (including phenoxy) is 1. The van der Waals surface area contributed by atoms with Crippen LogP contribution in [0.15, 0.2) is 18.2 Å². The normalized spacial score (nSPS) is 11.9. The topological polar surface area (TPSA) is 47.3 Å². The predicted octanol–water partition coefficient (Wildman–Crippen LogP) is 1.92. The number of hydrazine groups is 1. The summed E-state index contributed by atoms with van der Waals surface area (Å²) >= 11 is 0. The van der Waals surface area contributed by atoms with Crippen LogP contribution in [0, 0.1) is 19.3 Å². The van der Waals surface area contributed by atoms with E-state index < -0.39 is 0 Å². The molecule has 3 nitrogen and oxygen atoms in total. The first kappa shape index (κ1) is 12.6. The molecule has 0 heterocycles. The van der Waals surface area contributed by atoms with Crippen LogP contribution in [0.3, 0.4) is 0 Å². The molecule has 0 fully saturated rings. The van der Waals surface area contributed by atoms with Gasteiger partial charge in [0.05, 0.1) is 7.11 Å². The van der Waals surface area contributed by atoms with E-state index in [0.717, 1.165) is 23.3 Å². The molecule has 0 aliphatic heterocycles. The third-order valence-electron chi connectivity index (χ3n) is 2.60. The van der Waals surface area contributed by atoms with Gasteiger partial charge < -0.3 is 4.74 Å². The maximum Gasteiger partial charge on any atom is 0.121 e. The SMILES string of the molecule is C#CCCC(NN)c1ccc(OC)c(C)c1. The van der Waals surface area contributed by atoms with Crippen LogP contribution in [0.1, 0.15) is 30.0 Å². The number of aryl methyl sites for hydroxylation is 1. The lowest BCUT2D eigenvalue weighted by Gasteiger charge is -2.16. The summed E-state index contributed by atoms with van der Waals surface area (Å²) in [4.78, 5) is 0. The van der Waals surface area contributed by atoms with Gasteiger partial charge in [0.1, 0.15) is 5.75 Å². The van der Waals surface area contributed by atoms with Crippen molar-refractivity contribution in [3.05, 3.63) is 29.3 Å². The summed E-state index contributed by atoms with van der Waals surface area (Å²) in [5.74, 6) is 9.02. The van der Waals surface area contributed by atoms with Gasteiger partial charge in [0, 0.05) is 12.5 Å². The minimum Gasteiger partial charge on any atom is -0.496 e. The lowest BCUT2D eigenvalue weighted by Crippen LogP contribution is -2.27. The molecule has 3 N–H and O–H groups in total. The van der Waals surface area contributed by atoms with Crippen LogP contribution in [-0.4, -0.2) is 7.11 Å². The predicted molar refractivity (Wildman–Crippen MR) is 65.9 cm³/mol. The fourth-order valence-corrected chi connectivity index (χ4v) is 1.69. The van der Waals surface area contributed by atoms with Gasteiger partial charge in [-0.2, -0.15) is 0 Å². The van der Waals surface area contributed by atoms with Crippen molar-refractivity contribution >= 4 is 0 Å². The first-order valence-corrected chi connectivity index (χ1v) is 5.27. The van der Waals surface area contributed by atoms with Crippen LogP contribution < -0.4 is 16.0 Å². The molecule has 86 valence electrons. The molecule has 3 heteroatoms. The average Bonchev–Trinajstić information content (AvgIpc) is 2.30. The van der Waals surface area contributed by atoms with Crippen molar-refractivity contribution in [1.29, 1.82) is 0 Å². The fraction of sp³-hybridized carbons (Fsp3) is 0.385. The Balaban J connectivity index is 2.85. The second-order valence-electron chi connectivity index (χ2n) is 3.69. The summed E-state index contributed by atoms with van der Waals surface area (Å²) in [6.45, 7) is 2.01. The maximum atomic E-state index is 5.52. The van der Waals surface area contributed by atoms with Gasteiger partial charge in [0.25, 0.3) is 0 Å². The highest BCUT2D eigenvalue weighted by Crippen LogP contribution is 2.24. The molecule has 0 aliphatic carbocycles. The van der Waals surface area contributed by atoms with Crippen LogP contribution in [0.2, 0.25) is 0 Å². The van der Waals surface area contributed by atoms with Gasteiger partial charge in [-0.25, -0.2) is 0 Å². The van der Waals surface area contributed by atoms with Crippen molar-refractivity contribution in [3.63, 3.8) is 0 Å². The average molecular weight is 218 g/mol. The lowest BCUT2D eigenvalue weighted by atomic mass is 10.0. The summed E-state index contributed by atoms with van der Waals surface area (Å²) < 4.78 is 5.21. The molecule has 0 amide bonds. The molecule has 1 aromatic rings. The Hall–Kier alpha value is -1.50. The molecule has 0 radical (unpaired) electrons. The van der Waals surface area contributed by atoms with Gasteiger partial charge >= 0.3 is 0 Å². The molecule has 0 saturated carbocycles. The number of terminal acetylenes is 1. The van der Waals surface area contributed by atoms with E-state index in [1.54, 1.807) is 7.11 Å². The molecular weight excluding hydrogens is 200 g/mol. The van der Waals surface area contributed by atoms with Crippen molar-refractivity contribution < 1.29 is 4.74 Å². The molecule has 1 atom stereocenters. The number of benzene rings is 1. The summed E-state index contributed by atoms with van der Waals surface area (Å²) in [7, 11) is 1.67. The molecule has 1 rings (SSSR count). The highest BCUT2D eigenvalue weighted by Gasteiger charge is 2.10.